The fourth-order valence-corrected chi connectivity index (χ4v) is 3.14. The van der Waals surface area contributed by atoms with Crippen LogP contribution in [0.3, 0.4) is 0 Å². The third-order valence-corrected chi connectivity index (χ3v) is 4.62. The average molecular weight is 372 g/mol. The molecule has 0 atom stereocenters. The third kappa shape index (κ3) is 4.76. The van der Waals surface area contributed by atoms with Crippen molar-refractivity contribution in [3.8, 4) is 0 Å². The van der Waals surface area contributed by atoms with E-state index >= 15 is 0 Å². The zero-order chi connectivity index (χ0) is 18.4. The first-order chi connectivity index (χ1) is 12.6. The summed E-state index contributed by atoms with van der Waals surface area (Å²) in [6.45, 7) is 2.31. The van der Waals surface area contributed by atoms with Gasteiger partial charge in [0.25, 0.3) is 5.91 Å². The smallest absolute Gasteiger partial charge is 0.251 e. The number of nitrogens with zero attached hydrogens (tertiary/aromatic N) is 1. The summed E-state index contributed by atoms with van der Waals surface area (Å²) >= 11 is 5.81. The van der Waals surface area contributed by atoms with Gasteiger partial charge in [0, 0.05) is 36.6 Å². The van der Waals surface area contributed by atoms with Crippen LogP contribution in [0.25, 0.3) is 0 Å². The Morgan fingerprint density at radius 2 is 1.69 bits per heavy atom. The lowest BCUT2D eigenvalue weighted by Gasteiger charge is -2.21. The molecule has 26 heavy (non-hydrogen) atoms. The quantitative estimate of drug-likeness (QED) is 0.813. The van der Waals surface area contributed by atoms with Gasteiger partial charge in [0.05, 0.1) is 11.4 Å². The second-order valence-electron chi connectivity index (χ2n) is 6.27. The largest absolute Gasteiger partial charge is 0.370 e. The van der Waals surface area contributed by atoms with Gasteiger partial charge in [-0.15, -0.1) is 0 Å². The van der Waals surface area contributed by atoms with E-state index in [4.69, 9.17) is 11.6 Å². The molecule has 1 aliphatic heterocycles. The molecule has 136 valence electrons. The molecule has 0 unspecified atom stereocenters. The highest BCUT2D eigenvalue weighted by Gasteiger charge is 2.16. The number of rotatable bonds is 6. The Morgan fingerprint density at radius 1 is 1.00 bits per heavy atom. The maximum Gasteiger partial charge on any atom is 0.251 e. The lowest BCUT2D eigenvalue weighted by Crippen LogP contribution is -2.28. The molecular formula is C20H22ClN3O2. The molecule has 1 heterocycles. The summed E-state index contributed by atoms with van der Waals surface area (Å²) in [5.74, 6) is -0.333. The first-order valence-corrected chi connectivity index (χ1v) is 9.19. The summed E-state index contributed by atoms with van der Waals surface area (Å²) < 4.78 is 0. The molecule has 0 aliphatic carbocycles. The first kappa shape index (κ1) is 18.3. The number of carbonyl (C=O) groups is 2. The minimum absolute atomic E-state index is 0.118. The minimum atomic E-state index is -0.216. The molecule has 2 amide bonds. The number of hydrogen-bond donors (Lipinski definition) is 2. The normalized spacial score (nSPS) is 13.5. The third-order valence-electron chi connectivity index (χ3n) is 4.37. The summed E-state index contributed by atoms with van der Waals surface area (Å²) in [6, 6.07) is 14.5. The highest BCUT2D eigenvalue weighted by molar-refractivity contribution is 6.30. The van der Waals surface area contributed by atoms with Gasteiger partial charge in [0.15, 0.2) is 0 Å². The van der Waals surface area contributed by atoms with Crippen LogP contribution in [0.1, 0.15) is 29.6 Å². The van der Waals surface area contributed by atoms with E-state index in [0.29, 0.717) is 10.6 Å². The van der Waals surface area contributed by atoms with E-state index in [1.165, 1.54) is 12.8 Å². The van der Waals surface area contributed by atoms with Crippen molar-refractivity contribution in [2.75, 3.05) is 29.9 Å². The van der Waals surface area contributed by atoms with Crippen LogP contribution in [0.4, 0.5) is 11.4 Å². The van der Waals surface area contributed by atoms with Gasteiger partial charge >= 0.3 is 0 Å². The van der Waals surface area contributed by atoms with E-state index < -0.39 is 0 Å². The predicted molar refractivity (Wildman–Crippen MR) is 105 cm³/mol. The molecular weight excluding hydrogens is 350 g/mol. The maximum atomic E-state index is 12.2. The monoisotopic (exact) mass is 371 g/mol. The number of nitrogens with one attached hydrogen (secondary N) is 2. The molecule has 0 spiro atoms. The molecule has 3 rings (SSSR count). The molecule has 0 saturated carbocycles. The van der Waals surface area contributed by atoms with Crippen LogP contribution in [0.15, 0.2) is 48.5 Å². The summed E-state index contributed by atoms with van der Waals surface area (Å²) in [6.07, 6.45) is 2.58. The van der Waals surface area contributed by atoms with Crippen LogP contribution in [-0.2, 0) is 4.79 Å². The van der Waals surface area contributed by atoms with Crippen LogP contribution in [0.5, 0.6) is 0 Å². The SMILES string of the molecule is O=C(CCNC(=O)c1ccc(Cl)cc1)Nc1ccccc1N1CCCC1. The van der Waals surface area contributed by atoms with Gasteiger partial charge in [0.2, 0.25) is 5.91 Å². The van der Waals surface area contributed by atoms with E-state index in [-0.39, 0.29) is 24.8 Å². The molecule has 6 heteroatoms. The minimum Gasteiger partial charge on any atom is -0.370 e. The number of halogens is 1. The van der Waals surface area contributed by atoms with Gasteiger partial charge in [-0.2, -0.15) is 0 Å². The molecule has 2 aromatic carbocycles. The molecule has 1 aliphatic rings. The van der Waals surface area contributed by atoms with Crippen molar-refractivity contribution >= 4 is 34.8 Å². The Bertz CT molecular complexity index is 771. The standard InChI is InChI=1S/C20H22ClN3O2/c21-16-9-7-15(8-10-16)20(26)22-12-11-19(25)23-17-5-1-2-6-18(17)24-13-3-4-14-24/h1-2,5-10H,3-4,11-14H2,(H,22,26)(H,23,25). The Labute approximate surface area is 158 Å². The topological polar surface area (TPSA) is 61.4 Å². The van der Waals surface area contributed by atoms with Crippen molar-refractivity contribution in [2.45, 2.75) is 19.3 Å². The van der Waals surface area contributed by atoms with Crippen molar-refractivity contribution in [1.29, 1.82) is 0 Å². The van der Waals surface area contributed by atoms with E-state index in [1.807, 2.05) is 24.3 Å². The molecule has 0 aromatic heterocycles. The molecule has 5 nitrogen and oxygen atoms in total. The summed E-state index contributed by atoms with van der Waals surface area (Å²) in [5.41, 5.74) is 2.40. The number of amides is 2. The van der Waals surface area contributed by atoms with Gasteiger partial charge in [-0.3, -0.25) is 9.59 Å². The number of benzene rings is 2. The summed E-state index contributed by atoms with van der Waals surface area (Å²) in [7, 11) is 0. The Hall–Kier alpha value is -2.53. The van der Waals surface area contributed by atoms with E-state index in [9.17, 15) is 9.59 Å². The van der Waals surface area contributed by atoms with Gasteiger partial charge in [-0.25, -0.2) is 0 Å². The summed E-state index contributed by atoms with van der Waals surface area (Å²) in [5, 5.41) is 6.29. The van der Waals surface area contributed by atoms with Crippen LogP contribution in [-0.4, -0.2) is 31.4 Å². The fraction of sp³-hybridized carbons (Fsp3) is 0.300. The highest BCUT2D eigenvalue weighted by atomic mass is 35.5. The molecule has 2 aromatic rings. The predicted octanol–water partition coefficient (Wildman–Crippen LogP) is 3.70. The Kier molecular flexibility index (Phi) is 6.12. The van der Waals surface area contributed by atoms with Crippen molar-refractivity contribution in [3.05, 3.63) is 59.1 Å². The highest BCUT2D eigenvalue weighted by Crippen LogP contribution is 2.28. The van der Waals surface area contributed by atoms with Crippen LogP contribution in [0.2, 0.25) is 5.02 Å². The van der Waals surface area contributed by atoms with E-state index in [2.05, 4.69) is 15.5 Å². The Balaban J connectivity index is 1.50. The van der Waals surface area contributed by atoms with Gasteiger partial charge in [-0.1, -0.05) is 23.7 Å². The lowest BCUT2D eigenvalue weighted by atomic mass is 10.2. The van der Waals surface area contributed by atoms with Crippen LogP contribution < -0.4 is 15.5 Å². The van der Waals surface area contributed by atoms with Crippen molar-refractivity contribution in [2.24, 2.45) is 0 Å². The van der Waals surface area contributed by atoms with Crippen molar-refractivity contribution < 1.29 is 9.59 Å². The maximum absolute atomic E-state index is 12.2. The molecule has 1 saturated heterocycles. The first-order valence-electron chi connectivity index (χ1n) is 8.81. The number of para-hydroxylation sites is 2. The lowest BCUT2D eigenvalue weighted by molar-refractivity contribution is -0.116. The van der Waals surface area contributed by atoms with Crippen LogP contribution >= 0.6 is 11.6 Å². The molecule has 1 fully saturated rings. The summed E-state index contributed by atoms with van der Waals surface area (Å²) in [4.78, 5) is 26.6. The average Bonchev–Trinajstić information content (AvgIpc) is 3.17. The van der Waals surface area contributed by atoms with Crippen LogP contribution in [0, 0.1) is 0 Å². The van der Waals surface area contributed by atoms with E-state index in [1.54, 1.807) is 24.3 Å². The number of anilines is 2. The molecule has 0 radical (unpaired) electrons. The van der Waals surface area contributed by atoms with Gasteiger partial charge in [-0.05, 0) is 49.2 Å². The Morgan fingerprint density at radius 3 is 2.42 bits per heavy atom. The second kappa shape index (κ2) is 8.72. The zero-order valence-electron chi connectivity index (χ0n) is 14.5. The zero-order valence-corrected chi connectivity index (χ0v) is 15.3. The number of carbonyl (C=O) groups excluding carboxylic acids is 2. The molecule has 0 bridgehead atoms. The second-order valence-corrected chi connectivity index (χ2v) is 6.71. The van der Waals surface area contributed by atoms with Crippen molar-refractivity contribution in [3.63, 3.8) is 0 Å². The number of hydrogen-bond acceptors (Lipinski definition) is 3. The fourth-order valence-electron chi connectivity index (χ4n) is 3.02. The van der Waals surface area contributed by atoms with E-state index in [0.717, 1.165) is 24.5 Å². The molecule has 2 N–H and O–H groups in total. The van der Waals surface area contributed by atoms with Gasteiger partial charge < -0.3 is 15.5 Å². The van der Waals surface area contributed by atoms with Gasteiger partial charge in [0.1, 0.15) is 0 Å². The van der Waals surface area contributed by atoms with Crippen molar-refractivity contribution in [1.82, 2.24) is 5.32 Å².